The molecule has 1 unspecified atom stereocenters. The average molecular weight is 344 g/mol. The third kappa shape index (κ3) is 3.18. The molecule has 3 rings (SSSR count). The molecular weight excluding hydrogens is 326 g/mol. The lowest BCUT2D eigenvalue weighted by Gasteiger charge is -2.23. The van der Waals surface area contributed by atoms with Crippen LogP contribution in [-0.2, 0) is 17.6 Å². The Morgan fingerprint density at radius 2 is 1.95 bits per heavy atom. The number of rotatable bonds is 2. The van der Waals surface area contributed by atoms with Gasteiger partial charge < -0.3 is 5.32 Å². The van der Waals surface area contributed by atoms with Crippen LogP contribution in [0.2, 0.25) is 0 Å². The van der Waals surface area contributed by atoms with Crippen LogP contribution in [0.15, 0.2) is 46.9 Å². The molecule has 0 radical (unpaired) electrons. The van der Waals surface area contributed by atoms with Crippen molar-refractivity contribution in [3.63, 3.8) is 0 Å². The van der Waals surface area contributed by atoms with Crippen molar-refractivity contribution in [2.45, 2.75) is 26.2 Å². The second-order valence-corrected chi connectivity index (χ2v) is 6.52. The number of benzene rings is 2. The summed E-state index contributed by atoms with van der Waals surface area (Å²) < 4.78 is 1.02. The number of nitrogens with one attached hydrogen (secondary N) is 1. The summed E-state index contributed by atoms with van der Waals surface area (Å²) >= 11 is 3.50. The molecule has 0 fully saturated rings. The van der Waals surface area contributed by atoms with E-state index in [1.165, 1.54) is 16.7 Å². The van der Waals surface area contributed by atoms with Gasteiger partial charge in [-0.15, -0.1) is 0 Å². The third-order valence-electron chi connectivity index (χ3n) is 4.16. The minimum Gasteiger partial charge on any atom is -0.326 e. The molecule has 0 aromatic heterocycles. The van der Waals surface area contributed by atoms with Gasteiger partial charge in [-0.1, -0.05) is 46.3 Å². The first-order valence-electron chi connectivity index (χ1n) is 7.27. The summed E-state index contributed by atoms with van der Waals surface area (Å²) in [5.41, 5.74) is 4.73. The molecule has 1 atom stereocenters. The summed E-state index contributed by atoms with van der Waals surface area (Å²) in [5.74, 6) is 0.195. The van der Waals surface area contributed by atoms with Crippen LogP contribution in [0.3, 0.4) is 0 Å². The van der Waals surface area contributed by atoms with Gasteiger partial charge in [0.1, 0.15) is 0 Å². The van der Waals surface area contributed by atoms with Gasteiger partial charge in [-0.2, -0.15) is 0 Å². The Morgan fingerprint density at radius 1 is 1.19 bits per heavy atom. The highest BCUT2D eigenvalue weighted by molar-refractivity contribution is 9.10. The maximum atomic E-state index is 12.4. The van der Waals surface area contributed by atoms with Crippen molar-refractivity contribution in [3.8, 4) is 0 Å². The van der Waals surface area contributed by atoms with Crippen LogP contribution >= 0.6 is 15.9 Å². The molecule has 1 N–H and O–H groups in total. The molecule has 0 saturated carbocycles. The highest BCUT2D eigenvalue weighted by Gasteiger charge is 2.24. The first-order valence-corrected chi connectivity index (χ1v) is 8.06. The van der Waals surface area contributed by atoms with Crippen LogP contribution in [0.4, 0.5) is 5.69 Å². The third-order valence-corrected chi connectivity index (χ3v) is 5.01. The zero-order valence-corrected chi connectivity index (χ0v) is 13.6. The number of anilines is 1. The van der Waals surface area contributed by atoms with E-state index in [2.05, 4.69) is 45.5 Å². The molecule has 1 aliphatic carbocycles. The summed E-state index contributed by atoms with van der Waals surface area (Å²) in [5, 5.41) is 3.04. The average Bonchev–Trinajstić information content (AvgIpc) is 2.50. The predicted molar refractivity (Wildman–Crippen MR) is 89.5 cm³/mol. The van der Waals surface area contributed by atoms with Crippen LogP contribution in [0.1, 0.15) is 23.1 Å². The number of aryl methyl sites for hydroxylation is 2. The van der Waals surface area contributed by atoms with Crippen LogP contribution in [0.25, 0.3) is 0 Å². The Balaban J connectivity index is 1.70. The van der Waals surface area contributed by atoms with Gasteiger partial charge in [0.2, 0.25) is 5.91 Å². The molecule has 3 heteroatoms. The zero-order valence-electron chi connectivity index (χ0n) is 12.0. The van der Waals surface area contributed by atoms with E-state index in [4.69, 9.17) is 0 Å². The van der Waals surface area contributed by atoms with Crippen LogP contribution < -0.4 is 5.32 Å². The predicted octanol–water partition coefficient (Wildman–Crippen LogP) is 4.50. The Morgan fingerprint density at radius 3 is 2.71 bits per heavy atom. The molecule has 1 amide bonds. The van der Waals surface area contributed by atoms with E-state index >= 15 is 0 Å². The summed E-state index contributed by atoms with van der Waals surface area (Å²) in [6, 6.07) is 14.4. The highest BCUT2D eigenvalue weighted by Crippen LogP contribution is 2.27. The van der Waals surface area contributed by atoms with E-state index in [0.29, 0.717) is 0 Å². The molecule has 0 saturated heterocycles. The van der Waals surface area contributed by atoms with Crippen molar-refractivity contribution in [2.75, 3.05) is 5.32 Å². The number of halogens is 1. The monoisotopic (exact) mass is 343 g/mol. The largest absolute Gasteiger partial charge is 0.326 e. The summed E-state index contributed by atoms with van der Waals surface area (Å²) in [4.78, 5) is 12.4. The first kappa shape index (κ1) is 14.3. The molecule has 2 nitrogen and oxygen atoms in total. The van der Waals surface area contributed by atoms with E-state index < -0.39 is 0 Å². The molecule has 0 aliphatic heterocycles. The van der Waals surface area contributed by atoms with Gasteiger partial charge in [0.25, 0.3) is 0 Å². The van der Waals surface area contributed by atoms with Crippen molar-refractivity contribution < 1.29 is 4.79 Å². The molecule has 2 aromatic carbocycles. The maximum absolute atomic E-state index is 12.4. The van der Waals surface area contributed by atoms with Gasteiger partial charge >= 0.3 is 0 Å². The Bertz CT molecular complexity index is 681. The molecular formula is C18H18BrNO. The van der Waals surface area contributed by atoms with Crippen molar-refractivity contribution >= 4 is 27.5 Å². The maximum Gasteiger partial charge on any atom is 0.227 e. The molecule has 21 heavy (non-hydrogen) atoms. The Labute approximate surface area is 133 Å². The lowest BCUT2D eigenvalue weighted by molar-refractivity contribution is -0.120. The summed E-state index contributed by atoms with van der Waals surface area (Å²) in [6.07, 6.45) is 2.76. The van der Waals surface area contributed by atoms with Gasteiger partial charge in [-0.3, -0.25) is 4.79 Å². The minimum absolute atomic E-state index is 0.0694. The second kappa shape index (κ2) is 6.02. The number of carbonyl (C=O) groups excluding carboxylic acids is 1. The van der Waals surface area contributed by atoms with Gasteiger partial charge in [-0.05, 0) is 55.0 Å². The molecule has 0 spiro atoms. The zero-order chi connectivity index (χ0) is 14.8. The first-order chi connectivity index (χ1) is 10.1. The SMILES string of the molecule is Cc1ccc(NC(=O)C2CCc3ccccc3C2)cc1Br. The smallest absolute Gasteiger partial charge is 0.227 e. The number of fused-ring (bicyclic) bond motifs is 1. The summed E-state index contributed by atoms with van der Waals surface area (Å²) in [6.45, 7) is 2.04. The molecule has 1 aliphatic rings. The molecule has 0 bridgehead atoms. The number of hydrogen-bond acceptors (Lipinski definition) is 1. The van der Waals surface area contributed by atoms with Gasteiger partial charge in [0.05, 0.1) is 0 Å². The quantitative estimate of drug-likeness (QED) is 0.854. The fraction of sp³-hybridized carbons (Fsp3) is 0.278. The molecule has 2 aromatic rings. The Kier molecular flexibility index (Phi) is 4.11. The minimum atomic E-state index is 0.0694. The number of amides is 1. The van der Waals surface area contributed by atoms with E-state index in [1.54, 1.807) is 0 Å². The van der Waals surface area contributed by atoms with Crippen molar-refractivity contribution in [2.24, 2.45) is 5.92 Å². The van der Waals surface area contributed by atoms with E-state index in [-0.39, 0.29) is 11.8 Å². The molecule has 0 heterocycles. The number of hydrogen-bond donors (Lipinski definition) is 1. The van der Waals surface area contributed by atoms with Crippen molar-refractivity contribution in [3.05, 3.63) is 63.6 Å². The van der Waals surface area contributed by atoms with Gasteiger partial charge in [0, 0.05) is 16.1 Å². The molecule has 108 valence electrons. The van der Waals surface area contributed by atoms with Gasteiger partial charge in [0.15, 0.2) is 0 Å². The van der Waals surface area contributed by atoms with Crippen molar-refractivity contribution in [1.29, 1.82) is 0 Å². The fourth-order valence-corrected chi connectivity index (χ4v) is 3.22. The summed E-state index contributed by atoms with van der Waals surface area (Å²) in [7, 11) is 0. The van der Waals surface area contributed by atoms with Gasteiger partial charge in [-0.25, -0.2) is 0 Å². The van der Waals surface area contributed by atoms with E-state index in [9.17, 15) is 4.79 Å². The fourth-order valence-electron chi connectivity index (χ4n) is 2.84. The number of carbonyl (C=O) groups is 1. The van der Waals surface area contributed by atoms with E-state index in [0.717, 1.165) is 29.4 Å². The standard InChI is InChI=1S/C18H18BrNO/c1-12-6-9-16(11-17(12)19)20-18(21)15-8-7-13-4-2-3-5-14(13)10-15/h2-6,9,11,15H,7-8,10H2,1H3,(H,20,21). The highest BCUT2D eigenvalue weighted by atomic mass is 79.9. The van der Waals surface area contributed by atoms with E-state index in [1.807, 2.05) is 25.1 Å². The Hall–Kier alpha value is -1.61. The lowest BCUT2D eigenvalue weighted by atomic mass is 9.83. The topological polar surface area (TPSA) is 29.1 Å². The normalized spacial score (nSPS) is 17.1. The van der Waals surface area contributed by atoms with Crippen molar-refractivity contribution in [1.82, 2.24) is 0 Å². The van der Waals surface area contributed by atoms with Crippen LogP contribution in [0, 0.1) is 12.8 Å². The van der Waals surface area contributed by atoms with Crippen LogP contribution in [0.5, 0.6) is 0 Å². The second-order valence-electron chi connectivity index (χ2n) is 5.66. The van der Waals surface area contributed by atoms with Crippen LogP contribution in [-0.4, -0.2) is 5.91 Å². The lowest BCUT2D eigenvalue weighted by Crippen LogP contribution is -2.28.